The standard InChI is InChI=1S/C29H31N3O2/c1-4-21(2)24-14-16-25(17-15-24)34-20-29(33)31-30-18-27-22(3)32(19-23-10-6-5-7-11-23)28-13-9-8-12-26(27)28/h5-18,21H,4,19-20H2,1-3H3,(H,31,33)/b30-18-/t21-/m0/s1. The molecule has 0 unspecified atom stereocenters. The van der Waals surface area contributed by atoms with Gasteiger partial charge in [0, 0.05) is 28.7 Å². The number of para-hydroxylation sites is 1. The average Bonchev–Trinajstić information content (AvgIpc) is 3.14. The monoisotopic (exact) mass is 453 g/mol. The van der Waals surface area contributed by atoms with Crippen LogP contribution in [0.5, 0.6) is 5.75 Å². The van der Waals surface area contributed by atoms with E-state index in [0.717, 1.165) is 35.1 Å². The third-order valence-corrected chi connectivity index (χ3v) is 6.28. The number of fused-ring (bicyclic) bond motifs is 1. The quantitative estimate of drug-likeness (QED) is 0.248. The van der Waals surface area contributed by atoms with E-state index in [0.29, 0.717) is 11.7 Å². The zero-order valence-corrected chi connectivity index (χ0v) is 20.0. The first-order valence-corrected chi connectivity index (χ1v) is 11.7. The van der Waals surface area contributed by atoms with Gasteiger partial charge in [-0.05, 0) is 48.6 Å². The lowest BCUT2D eigenvalue weighted by Gasteiger charge is -2.10. The maximum absolute atomic E-state index is 12.3. The summed E-state index contributed by atoms with van der Waals surface area (Å²) < 4.78 is 7.89. The van der Waals surface area contributed by atoms with E-state index in [9.17, 15) is 4.79 Å². The van der Waals surface area contributed by atoms with Crippen LogP contribution in [0.2, 0.25) is 0 Å². The average molecular weight is 454 g/mol. The van der Waals surface area contributed by atoms with Crippen molar-refractivity contribution in [2.24, 2.45) is 5.10 Å². The smallest absolute Gasteiger partial charge is 0.277 e. The van der Waals surface area contributed by atoms with Gasteiger partial charge in [0.15, 0.2) is 6.61 Å². The van der Waals surface area contributed by atoms with Gasteiger partial charge < -0.3 is 9.30 Å². The fourth-order valence-electron chi connectivity index (χ4n) is 4.07. The normalized spacial score (nSPS) is 12.2. The van der Waals surface area contributed by atoms with E-state index in [1.165, 1.54) is 11.1 Å². The van der Waals surface area contributed by atoms with Gasteiger partial charge in [-0.15, -0.1) is 0 Å². The van der Waals surface area contributed by atoms with Gasteiger partial charge in [0.25, 0.3) is 5.91 Å². The summed E-state index contributed by atoms with van der Waals surface area (Å²) in [5.74, 6) is 0.882. The number of nitrogens with one attached hydrogen (secondary N) is 1. The topological polar surface area (TPSA) is 55.6 Å². The number of amides is 1. The summed E-state index contributed by atoms with van der Waals surface area (Å²) in [7, 11) is 0. The molecule has 1 aromatic heterocycles. The number of carbonyl (C=O) groups excluding carboxylic acids is 1. The fraction of sp³-hybridized carbons (Fsp3) is 0.241. The van der Waals surface area contributed by atoms with Gasteiger partial charge in [-0.2, -0.15) is 5.10 Å². The number of ether oxygens (including phenoxy) is 1. The van der Waals surface area contributed by atoms with Crippen LogP contribution in [0.4, 0.5) is 0 Å². The maximum atomic E-state index is 12.3. The zero-order valence-electron chi connectivity index (χ0n) is 20.0. The first-order valence-electron chi connectivity index (χ1n) is 11.7. The van der Waals surface area contributed by atoms with Crippen molar-refractivity contribution in [2.45, 2.75) is 39.7 Å². The summed E-state index contributed by atoms with van der Waals surface area (Å²) >= 11 is 0. The number of benzene rings is 3. The molecule has 174 valence electrons. The van der Waals surface area contributed by atoms with E-state index >= 15 is 0 Å². The second kappa shape index (κ2) is 10.8. The molecule has 1 heterocycles. The molecule has 4 aromatic rings. The SMILES string of the molecule is CC[C@H](C)c1ccc(OCC(=O)N/N=C\c2c(C)n(Cc3ccccc3)c3ccccc23)cc1. The summed E-state index contributed by atoms with van der Waals surface area (Å²) in [6, 6.07) is 26.5. The van der Waals surface area contributed by atoms with Crippen LogP contribution >= 0.6 is 0 Å². The van der Waals surface area contributed by atoms with E-state index in [4.69, 9.17) is 4.74 Å². The van der Waals surface area contributed by atoms with Crippen molar-refractivity contribution in [3.8, 4) is 5.75 Å². The van der Waals surface area contributed by atoms with Gasteiger partial charge >= 0.3 is 0 Å². The summed E-state index contributed by atoms with van der Waals surface area (Å²) in [6.45, 7) is 7.13. The third kappa shape index (κ3) is 5.37. The summed E-state index contributed by atoms with van der Waals surface area (Å²) in [6.07, 6.45) is 2.81. The van der Waals surface area contributed by atoms with Gasteiger partial charge in [-0.1, -0.05) is 74.5 Å². The number of hydrogen-bond donors (Lipinski definition) is 1. The van der Waals surface area contributed by atoms with E-state index in [2.05, 4.69) is 72.3 Å². The fourth-order valence-corrected chi connectivity index (χ4v) is 4.07. The minimum atomic E-state index is -0.298. The van der Waals surface area contributed by atoms with Gasteiger partial charge in [-0.3, -0.25) is 4.79 Å². The van der Waals surface area contributed by atoms with E-state index in [1.807, 2.05) is 42.5 Å². The molecule has 0 saturated heterocycles. The Morgan fingerprint density at radius 2 is 1.74 bits per heavy atom. The highest BCUT2D eigenvalue weighted by Crippen LogP contribution is 2.25. The van der Waals surface area contributed by atoms with Gasteiger partial charge in [0.05, 0.1) is 6.21 Å². The van der Waals surface area contributed by atoms with Crippen LogP contribution in [0, 0.1) is 6.92 Å². The molecule has 0 aliphatic carbocycles. The molecular formula is C29H31N3O2. The minimum absolute atomic E-state index is 0.0885. The van der Waals surface area contributed by atoms with E-state index < -0.39 is 0 Å². The summed E-state index contributed by atoms with van der Waals surface area (Å²) in [4.78, 5) is 12.3. The Morgan fingerprint density at radius 3 is 2.47 bits per heavy atom. The van der Waals surface area contributed by atoms with Crippen LogP contribution in [0.1, 0.15) is 48.6 Å². The van der Waals surface area contributed by atoms with Crippen LogP contribution in [0.3, 0.4) is 0 Å². The Kier molecular flexibility index (Phi) is 7.43. The maximum Gasteiger partial charge on any atom is 0.277 e. The van der Waals surface area contributed by atoms with Crippen molar-refractivity contribution in [1.29, 1.82) is 0 Å². The predicted molar refractivity (Wildman–Crippen MR) is 139 cm³/mol. The molecular weight excluding hydrogens is 422 g/mol. The second-order valence-electron chi connectivity index (χ2n) is 8.55. The third-order valence-electron chi connectivity index (χ3n) is 6.28. The molecule has 5 heteroatoms. The lowest BCUT2D eigenvalue weighted by Crippen LogP contribution is -2.24. The van der Waals surface area contributed by atoms with Crippen molar-refractivity contribution in [3.05, 3.63) is 101 Å². The molecule has 0 radical (unpaired) electrons. The van der Waals surface area contributed by atoms with Crippen molar-refractivity contribution < 1.29 is 9.53 Å². The number of carbonyl (C=O) groups is 1. The number of nitrogens with zero attached hydrogens (tertiary/aromatic N) is 2. The van der Waals surface area contributed by atoms with Gasteiger partial charge in [0.1, 0.15) is 5.75 Å². The van der Waals surface area contributed by atoms with Crippen molar-refractivity contribution in [1.82, 2.24) is 9.99 Å². The molecule has 0 aliphatic heterocycles. The Hall–Kier alpha value is -3.86. The number of rotatable bonds is 9. The van der Waals surface area contributed by atoms with Gasteiger partial charge in [-0.25, -0.2) is 5.43 Å². The molecule has 1 atom stereocenters. The molecule has 0 spiro atoms. The Bertz CT molecular complexity index is 1270. The van der Waals surface area contributed by atoms with E-state index in [-0.39, 0.29) is 12.5 Å². The number of aromatic nitrogens is 1. The molecule has 1 amide bonds. The predicted octanol–water partition coefficient (Wildman–Crippen LogP) is 6.04. The van der Waals surface area contributed by atoms with Crippen molar-refractivity contribution >= 4 is 23.0 Å². The lowest BCUT2D eigenvalue weighted by molar-refractivity contribution is -0.123. The molecule has 5 nitrogen and oxygen atoms in total. The van der Waals surface area contributed by atoms with Crippen LogP contribution in [0.15, 0.2) is 84.0 Å². The zero-order chi connectivity index (χ0) is 23.9. The van der Waals surface area contributed by atoms with Crippen molar-refractivity contribution in [2.75, 3.05) is 6.61 Å². The highest BCUT2D eigenvalue weighted by molar-refractivity contribution is 6.01. The Morgan fingerprint density at radius 1 is 1.03 bits per heavy atom. The molecule has 0 saturated carbocycles. The second-order valence-corrected chi connectivity index (χ2v) is 8.55. The molecule has 34 heavy (non-hydrogen) atoms. The number of hydrazone groups is 1. The van der Waals surface area contributed by atoms with Crippen LogP contribution in [-0.2, 0) is 11.3 Å². The number of hydrogen-bond acceptors (Lipinski definition) is 3. The lowest BCUT2D eigenvalue weighted by atomic mass is 9.99. The molecule has 0 fully saturated rings. The Labute approximate surface area is 201 Å². The van der Waals surface area contributed by atoms with Crippen molar-refractivity contribution in [3.63, 3.8) is 0 Å². The minimum Gasteiger partial charge on any atom is -0.484 e. The highest BCUT2D eigenvalue weighted by atomic mass is 16.5. The Balaban J connectivity index is 1.41. The summed E-state index contributed by atoms with van der Waals surface area (Å²) in [5.41, 5.74) is 8.32. The van der Waals surface area contributed by atoms with Crippen LogP contribution in [0.25, 0.3) is 10.9 Å². The molecule has 3 aromatic carbocycles. The first-order chi connectivity index (χ1) is 16.6. The van der Waals surface area contributed by atoms with Crippen LogP contribution < -0.4 is 10.2 Å². The highest BCUT2D eigenvalue weighted by Gasteiger charge is 2.13. The molecule has 4 rings (SSSR count). The largest absolute Gasteiger partial charge is 0.484 e. The molecule has 0 bridgehead atoms. The first kappa shape index (κ1) is 23.3. The van der Waals surface area contributed by atoms with Gasteiger partial charge in [0.2, 0.25) is 0 Å². The molecule has 0 aliphatic rings. The summed E-state index contributed by atoms with van der Waals surface area (Å²) in [5, 5.41) is 5.32. The van der Waals surface area contributed by atoms with E-state index in [1.54, 1.807) is 6.21 Å². The molecule has 1 N–H and O–H groups in total. The van der Waals surface area contributed by atoms with Crippen LogP contribution in [-0.4, -0.2) is 23.3 Å².